The van der Waals surface area contributed by atoms with Crippen molar-refractivity contribution in [3.8, 4) is 5.69 Å². The van der Waals surface area contributed by atoms with Gasteiger partial charge in [0.2, 0.25) is 0 Å². The molecule has 0 radical (unpaired) electrons. The minimum absolute atomic E-state index is 0.0139. The van der Waals surface area contributed by atoms with E-state index in [2.05, 4.69) is 240 Å². The summed E-state index contributed by atoms with van der Waals surface area (Å²) in [5.41, 5.74) is 23.0. The van der Waals surface area contributed by atoms with Crippen LogP contribution in [-0.2, 0) is 21.7 Å². The molecule has 3 unspecified atom stereocenters. The van der Waals surface area contributed by atoms with Crippen LogP contribution in [0.1, 0.15) is 143 Å². The lowest BCUT2D eigenvalue weighted by atomic mass is 9.33. The fourth-order valence-electron chi connectivity index (χ4n) is 17.6. The summed E-state index contributed by atoms with van der Waals surface area (Å²) in [6.07, 6.45) is 9.54. The van der Waals surface area contributed by atoms with E-state index in [9.17, 15) is 0 Å². The van der Waals surface area contributed by atoms with E-state index in [-0.39, 0.29) is 39.5 Å². The van der Waals surface area contributed by atoms with E-state index < -0.39 is 0 Å². The lowest BCUT2D eigenvalue weighted by Gasteiger charge is -2.51. The van der Waals surface area contributed by atoms with Crippen molar-refractivity contribution in [1.29, 1.82) is 0 Å². The number of para-hydroxylation sites is 2. The molecule has 8 aromatic carbocycles. The van der Waals surface area contributed by atoms with Gasteiger partial charge in [0.05, 0.1) is 27.7 Å². The Hall–Kier alpha value is -7.22. The minimum Gasteiger partial charge on any atom is -0.456 e. The van der Waals surface area contributed by atoms with Crippen molar-refractivity contribution in [3.63, 3.8) is 0 Å². The highest BCUT2D eigenvalue weighted by Gasteiger charge is 2.60. The molecule has 402 valence electrons. The molecule has 5 nitrogen and oxygen atoms in total. The highest BCUT2D eigenvalue weighted by Crippen LogP contribution is 2.64. The van der Waals surface area contributed by atoms with Crippen LogP contribution in [0.15, 0.2) is 156 Å². The molecule has 0 amide bonds. The highest BCUT2D eigenvalue weighted by molar-refractivity contribution is 7.26. The number of thiophene rings is 1. The van der Waals surface area contributed by atoms with Gasteiger partial charge in [0.15, 0.2) is 0 Å². The van der Waals surface area contributed by atoms with Crippen LogP contribution in [0.3, 0.4) is 0 Å². The van der Waals surface area contributed by atoms with Crippen LogP contribution in [0.4, 0.5) is 39.8 Å². The van der Waals surface area contributed by atoms with Crippen LogP contribution in [0.2, 0.25) is 0 Å². The van der Waals surface area contributed by atoms with Gasteiger partial charge in [0, 0.05) is 76.9 Å². The van der Waals surface area contributed by atoms with Crippen molar-refractivity contribution < 1.29 is 4.42 Å². The zero-order valence-electron chi connectivity index (χ0n) is 48.8. The van der Waals surface area contributed by atoms with Crippen molar-refractivity contribution in [2.24, 2.45) is 0 Å². The number of furan rings is 1. The zero-order chi connectivity index (χ0) is 55.1. The predicted octanol–water partition coefficient (Wildman–Crippen LogP) is 18.6. The van der Waals surface area contributed by atoms with Gasteiger partial charge in [-0.2, -0.15) is 0 Å². The first-order chi connectivity index (χ1) is 38.9. The average molecular weight is 1080 g/mol. The maximum atomic E-state index is 6.86. The molecule has 2 aliphatic carbocycles. The van der Waals surface area contributed by atoms with Gasteiger partial charge in [-0.05, 0) is 150 Å². The lowest BCUT2D eigenvalue weighted by molar-refractivity contribution is 0.195. The third-order valence-electron chi connectivity index (χ3n) is 22.2. The average Bonchev–Trinajstić information content (AvgIpc) is 4.15. The van der Waals surface area contributed by atoms with Crippen LogP contribution in [0, 0.1) is 0 Å². The first kappa shape index (κ1) is 48.5. The fourth-order valence-corrected chi connectivity index (χ4v) is 18.8. The van der Waals surface area contributed by atoms with Gasteiger partial charge >= 0.3 is 0 Å². The molecule has 4 aliphatic heterocycles. The van der Waals surface area contributed by atoms with E-state index in [4.69, 9.17) is 4.42 Å². The molecule has 0 bridgehead atoms. The van der Waals surface area contributed by atoms with Crippen LogP contribution in [0.25, 0.3) is 58.8 Å². The van der Waals surface area contributed by atoms with Crippen molar-refractivity contribution in [2.45, 2.75) is 153 Å². The summed E-state index contributed by atoms with van der Waals surface area (Å²) in [6.45, 7) is 24.6. The number of nitrogens with zero attached hydrogens (tertiary/aromatic N) is 4. The van der Waals surface area contributed by atoms with E-state index in [1.54, 1.807) is 0 Å². The van der Waals surface area contributed by atoms with E-state index >= 15 is 0 Å². The van der Waals surface area contributed by atoms with E-state index in [1.807, 2.05) is 11.3 Å². The molecule has 3 aromatic heterocycles. The molecule has 7 heteroatoms. The standard InChI is InChI=1S/C74H71BN4OS/c1-69(2,3)44-29-33-55-51(39-44)71(7)35-15-17-37-73(71,9)78(55)46-31-32-53-58(41-46)76(57-25-20-27-62-65(57)48-21-11-13-26-61(48)80-62)59-42-47(79-56-34-30-45(70(4,5)6)40-52(56)72(8)36-16-18-38-74(72,79)10)43-60-66(59)75(53)54-24-19-23-50-64-49-22-12-14-28-63(49)81-68(64)77(60)67(50)54/h11-14,19-34,39-43H,15-18,35-38H2,1-10H3/t71?,72?,73-,74?/m0/s1. The van der Waals surface area contributed by atoms with Gasteiger partial charge in [0.25, 0.3) is 6.71 Å². The maximum absolute atomic E-state index is 6.86. The molecule has 2 saturated carbocycles. The smallest absolute Gasteiger partial charge is 0.252 e. The van der Waals surface area contributed by atoms with Gasteiger partial charge < -0.3 is 23.7 Å². The molecule has 6 aliphatic rings. The van der Waals surface area contributed by atoms with E-state index in [0.717, 1.165) is 40.5 Å². The predicted molar refractivity (Wildman–Crippen MR) is 346 cm³/mol. The summed E-state index contributed by atoms with van der Waals surface area (Å²) in [7, 11) is 0. The number of benzene rings is 8. The maximum Gasteiger partial charge on any atom is 0.252 e. The summed E-state index contributed by atoms with van der Waals surface area (Å²) in [5.74, 6) is 0. The molecular formula is C74H71BN4OS. The first-order valence-electron chi connectivity index (χ1n) is 30.3. The lowest BCUT2D eigenvalue weighted by Crippen LogP contribution is -2.61. The van der Waals surface area contributed by atoms with E-state index in [1.165, 1.54) is 148 Å². The quantitative estimate of drug-likeness (QED) is 0.165. The molecule has 17 rings (SSSR count). The van der Waals surface area contributed by atoms with Gasteiger partial charge in [-0.15, -0.1) is 11.3 Å². The van der Waals surface area contributed by atoms with Gasteiger partial charge in [0.1, 0.15) is 16.0 Å². The molecule has 0 spiro atoms. The molecular weight excluding hydrogens is 1000 g/mol. The number of anilines is 7. The van der Waals surface area contributed by atoms with Gasteiger partial charge in [-0.25, -0.2) is 0 Å². The van der Waals surface area contributed by atoms with Crippen molar-refractivity contribution >= 4 is 127 Å². The molecule has 11 aromatic rings. The van der Waals surface area contributed by atoms with Gasteiger partial charge in [-0.1, -0.05) is 172 Å². The molecule has 2 fully saturated rings. The molecule has 4 atom stereocenters. The third-order valence-corrected chi connectivity index (χ3v) is 23.3. The molecule has 0 N–H and O–H groups in total. The first-order valence-corrected chi connectivity index (χ1v) is 31.1. The van der Waals surface area contributed by atoms with Crippen molar-refractivity contribution in [2.75, 3.05) is 14.7 Å². The number of hydrogen-bond acceptors (Lipinski definition) is 5. The summed E-state index contributed by atoms with van der Waals surface area (Å²) in [5, 5.41) is 6.33. The van der Waals surface area contributed by atoms with Crippen LogP contribution >= 0.6 is 11.3 Å². The normalized spacial score (nSPS) is 23.6. The second-order valence-electron chi connectivity index (χ2n) is 28.3. The summed E-state index contributed by atoms with van der Waals surface area (Å²) >= 11 is 1.95. The second-order valence-corrected chi connectivity index (χ2v) is 29.3. The Bertz CT molecular complexity index is 4580. The highest BCUT2D eigenvalue weighted by atomic mass is 32.1. The molecule has 81 heavy (non-hydrogen) atoms. The SMILES string of the molecule is CC(C)(C)c1ccc2c(c1)C1(C)CCCCC1(C)N2c1cc2c3c(c1)-n1c4sc5ccccc5c4c4cccc(c41)B3c1ccc(N3c4ccc(C(C)(C)C)cc4C4(C)CCCC[C@]34C)cc1N2c1cccc2oc3ccccc3c12. The number of hydrogen-bond donors (Lipinski definition) is 0. The monoisotopic (exact) mass is 1070 g/mol. The Kier molecular flexibility index (Phi) is 9.49. The van der Waals surface area contributed by atoms with Crippen LogP contribution in [-0.4, -0.2) is 22.4 Å². The number of aromatic nitrogens is 1. The summed E-state index contributed by atoms with van der Waals surface area (Å²) < 4.78 is 10.9. The number of rotatable bonds is 3. The largest absolute Gasteiger partial charge is 0.456 e. The Balaban J connectivity index is 1.01. The van der Waals surface area contributed by atoms with Crippen LogP contribution < -0.4 is 31.1 Å². The summed E-state index contributed by atoms with van der Waals surface area (Å²) in [4.78, 5) is 9.69. The Morgan fingerprint density at radius 3 is 1.74 bits per heavy atom. The van der Waals surface area contributed by atoms with Crippen molar-refractivity contribution in [1.82, 2.24) is 4.57 Å². The Morgan fingerprint density at radius 1 is 0.469 bits per heavy atom. The Morgan fingerprint density at radius 2 is 1.05 bits per heavy atom. The molecule has 7 heterocycles. The minimum atomic E-state index is -0.167. The zero-order valence-corrected chi connectivity index (χ0v) is 49.6. The Labute approximate surface area is 481 Å². The summed E-state index contributed by atoms with van der Waals surface area (Å²) in [6, 6.07) is 59.8. The van der Waals surface area contributed by atoms with Crippen LogP contribution in [0.5, 0.6) is 0 Å². The third kappa shape index (κ3) is 6.04. The topological polar surface area (TPSA) is 27.8 Å². The second kappa shape index (κ2) is 15.9. The number of fused-ring (bicyclic) bond motifs is 18. The van der Waals surface area contributed by atoms with Crippen molar-refractivity contribution in [3.05, 3.63) is 174 Å². The molecule has 0 saturated heterocycles. The fraction of sp³-hybridized carbons (Fsp3) is 0.324. The van der Waals surface area contributed by atoms with Gasteiger partial charge in [-0.3, -0.25) is 0 Å². The van der Waals surface area contributed by atoms with E-state index in [0.29, 0.717) is 0 Å².